The average Bonchev–Trinajstić information content (AvgIpc) is 2.65. The van der Waals surface area contributed by atoms with Crippen LogP contribution in [0.3, 0.4) is 0 Å². The van der Waals surface area contributed by atoms with E-state index in [9.17, 15) is 17.2 Å². The zero-order chi connectivity index (χ0) is 20.3. The Labute approximate surface area is 163 Å². The van der Waals surface area contributed by atoms with Crippen molar-refractivity contribution >= 4 is 15.7 Å². The van der Waals surface area contributed by atoms with Crippen LogP contribution < -0.4 is 10.0 Å². The van der Waals surface area contributed by atoms with Gasteiger partial charge in [-0.2, -0.15) is 0 Å². The highest BCUT2D eigenvalue weighted by atomic mass is 32.2. The molecule has 0 aliphatic carbocycles. The van der Waals surface area contributed by atoms with Gasteiger partial charge >= 0.3 is 0 Å². The molecule has 146 valence electrons. The summed E-state index contributed by atoms with van der Waals surface area (Å²) in [6.07, 6.45) is 0. The van der Waals surface area contributed by atoms with E-state index in [1.54, 1.807) is 12.1 Å². The number of anilines is 1. The Morgan fingerprint density at radius 3 is 2.32 bits per heavy atom. The fourth-order valence-electron chi connectivity index (χ4n) is 2.92. The largest absolute Gasteiger partial charge is 0.316 e. The SMILES string of the molecule is CNCc1cccc(NS(=O)(=O)c2ccc(-c3ccc(F)cc3F)cc2)c1C. The van der Waals surface area contributed by atoms with Crippen molar-refractivity contribution in [3.05, 3.63) is 83.4 Å². The van der Waals surface area contributed by atoms with Crippen molar-refractivity contribution in [2.45, 2.75) is 18.4 Å². The van der Waals surface area contributed by atoms with Crippen LogP contribution >= 0.6 is 0 Å². The predicted octanol–water partition coefficient (Wildman–Crippen LogP) is 4.46. The molecule has 0 spiro atoms. The van der Waals surface area contributed by atoms with Crippen molar-refractivity contribution in [1.82, 2.24) is 5.32 Å². The molecule has 0 aromatic heterocycles. The van der Waals surface area contributed by atoms with Crippen molar-refractivity contribution in [1.29, 1.82) is 0 Å². The molecule has 3 rings (SSSR count). The van der Waals surface area contributed by atoms with E-state index in [0.29, 0.717) is 17.8 Å². The minimum atomic E-state index is -3.81. The lowest BCUT2D eigenvalue weighted by molar-refractivity contribution is 0.585. The lowest BCUT2D eigenvalue weighted by atomic mass is 10.1. The number of hydrogen-bond donors (Lipinski definition) is 2. The van der Waals surface area contributed by atoms with Crippen molar-refractivity contribution in [2.24, 2.45) is 0 Å². The molecule has 28 heavy (non-hydrogen) atoms. The van der Waals surface area contributed by atoms with Gasteiger partial charge in [0, 0.05) is 18.2 Å². The van der Waals surface area contributed by atoms with Gasteiger partial charge in [0.15, 0.2) is 0 Å². The van der Waals surface area contributed by atoms with Gasteiger partial charge in [-0.05, 0) is 61.0 Å². The number of hydrogen-bond acceptors (Lipinski definition) is 3. The molecule has 0 bridgehead atoms. The van der Waals surface area contributed by atoms with Gasteiger partial charge < -0.3 is 5.32 Å². The summed E-state index contributed by atoms with van der Waals surface area (Å²) in [4.78, 5) is 0.0530. The average molecular weight is 402 g/mol. The number of halogens is 2. The summed E-state index contributed by atoms with van der Waals surface area (Å²) in [5.74, 6) is -1.37. The molecule has 7 heteroatoms. The van der Waals surface area contributed by atoms with Gasteiger partial charge in [0.1, 0.15) is 11.6 Å². The van der Waals surface area contributed by atoms with Crippen LogP contribution in [-0.4, -0.2) is 15.5 Å². The number of benzene rings is 3. The van der Waals surface area contributed by atoms with Crippen LogP contribution in [-0.2, 0) is 16.6 Å². The molecule has 0 fully saturated rings. The molecular formula is C21H20F2N2O2S. The normalized spacial score (nSPS) is 11.4. The maximum absolute atomic E-state index is 13.9. The van der Waals surface area contributed by atoms with Crippen molar-refractivity contribution in [3.8, 4) is 11.1 Å². The van der Waals surface area contributed by atoms with Crippen LogP contribution in [0, 0.1) is 18.6 Å². The molecule has 0 aliphatic heterocycles. The number of nitrogens with one attached hydrogen (secondary N) is 2. The van der Waals surface area contributed by atoms with Crippen LogP contribution in [0.1, 0.15) is 11.1 Å². The minimum Gasteiger partial charge on any atom is -0.316 e. The highest BCUT2D eigenvalue weighted by Gasteiger charge is 2.17. The van der Waals surface area contributed by atoms with Crippen molar-refractivity contribution in [2.75, 3.05) is 11.8 Å². The van der Waals surface area contributed by atoms with Crippen LogP contribution in [0.15, 0.2) is 65.6 Å². The zero-order valence-corrected chi connectivity index (χ0v) is 16.3. The maximum Gasteiger partial charge on any atom is 0.261 e. The van der Waals surface area contributed by atoms with Gasteiger partial charge in [-0.25, -0.2) is 17.2 Å². The maximum atomic E-state index is 13.9. The van der Waals surface area contributed by atoms with E-state index < -0.39 is 21.7 Å². The molecule has 0 saturated carbocycles. The summed E-state index contributed by atoms with van der Waals surface area (Å²) < 4.78 is 55.1. The molecule has 0 unspecified atom stereocenters. The third kappa shape index (κ3) is 4.21. The van der Waals surface area contributed by atoms with Crippen LogP contribution in [0.2, 0.25) is 0 Å². The Balaban J connectivity index is 1.88. The van der Waals surface area contributed by atoms with Crippen LogP contribution in [0.5, 0.6) is 0 Å². The first-order valence-corrected chi connectivity index (χ1v) is 10.1. The van der Waals surface area contributed by atoms with E-state index in [1.165, 1.54) is 30.3 Å². The molecule has 0 saturated heterocycles. The summed E-state index contributed by atoms with van der Waals surface area (Å²) in [6.45, 7) is 2.48. The van der Waals surface area contributed by atoms with E-state index >= 15 is 0 Å². The van der Waals surface area contributed by atoms with Gasteiger partial charge in [0.2, 0.25) is 0 Å². The lowest BCUT2D eigenvalue weighted by Gasteiger charge is -2.14. The predicted molar refractivity (Wildman–Crippen MR) is 107 cm³/mol. The standard InChI is InChI=1S/C21H20F2N2O2S/c1-14-16(13-24-2)4-3-5-21(14)25-28(26,27)18-9-6-15(7-10-18)19-11-8-17(22)12-20(19)23/h3-12,24-25H,13H2,1-2H3. The van der Waals surface area contributed by atoms with E-state index in [0.717, 1.165) is 23.3 Å². The Morgan fingerprint density at radius 2 is 1.68 bits per heavy atom. The fraction of sp³-hybridized carbons (Fsp3) is 0.143. The van der Waals surface area contributed by atoms with Gasteiger partial charge in [0.25, 0.3) is 10.0 Å². The first kappa shape index (κ1) is 20.0. The Morgan fingerprint density at radius 1 is 0.964 bits per heavy atom. The Bertz CT molecular complexity index is 1100. The summed E-state index contributed by atoms with van der Waals surface area (Å²) >= 11 is 0. The van der Waals surface area contributed by atoms with Crippen molar-refractivity contribution in [3.63, 3.8) is 0 Å². The van der Waals surface area contributed by atoms with E-state index in [1.807, 2.05) is 20.0 Å². The van der Waals surface area contributed by atoms with E-state index in [2.05, 4.69) is 10.0 Å². The monoisotopic (exact) mass is 402 g/mol. The molecule has 0 heterocycles. The number of sulfonamides is 1. The third-order valence-corrected chi connectivity index (χ3v) is 5.85. The summed E-state index contributed by atoms with van der Waals surface area (Å²) in [7, 11) is -1.99. The highest BCUT2D eigenvalue weighted by molar-refractivity contribution is 7.92. The molecule has 4 nitrogen and oxygen atoms in total. The summed E-state index contributed by atoms with van der Waals surface area (Å²) in [6, 6.07) is 14.5. The first-order valence-electron chi connectivity index (χ1n) is 8.63. The second-order valence-corrected chi connectivity index (χ2v) is 8.06. The molecule has 0 amide bonds. The zero-order valence-electron chi connectivity index (χ0n) is 15.5. The quantitative estimate of drug-likeness (QED) is 0.640. The van der Waals surface area contributed by atoms with Gasteiger partial charge in [-0.1, -0.05) is 24.3 Å². The Hall–Kier alpha value is -2.77. The highest BCUT2D eigenvalue weighted by Crippen LogP contribution is 2.26. The topological polar surface area (TPSA) is 58.2 Å². The van der Waals surface area contributed by atoms with E-state index in [4.69, 9.17) is 0 Å². The third-order valence-electron chi connectivity index (χ3n) is 4.46. The van der Waals surface area contributed by atoms with Gasteiger partial charge in [-0.3, -0.25) is 4.72 Å². The van der Waals surface area contributed by atoms with Crippen LogP contribution in [0.25, 0.3) is 11.1 Å². The molecule has 0 radical (unpaired) electrons. The van der Waals surface area contributed by atoms with Gasteiger partial charge in [0.05, 0.1) is 10.6 Å². The number of rotatable bonds is 6. The summed E-state index contributed by atoms with van der Waals surface area (Å²) in [5.41, 5.74) is 2.99. The molecule has 3 aromatic rings. The smallest absolute Gasteiger partial charge is 0.261 e. The second-order valence-electron chi connectivity index (χ2n) is 6.37. The molecule has 2 N–H and O–H groups in total. The molecule has 3 aromatic carbocycles. The lowest BCUT2D eigenvalue weighted by Crippen LogP contribution is -2.15. The van der Waals surface area contributed by atoms with Crippen molar-refractivity contribution < 1.29 is 17.2 Å². The Kier molecular flexibility index (Phi) is 5.76. The molecule has 0 atom stereocenters. The second kappa shape index (κ2) is 8.08. The first-order chi connectivity index (χ1) is 13.3. The molecular weight excluding hydrogens is 382 g/mol. The van der Waals surface area contributed by atoms with Crippen LogP contribution in [0.4, 0.5) is 14.5 Å². The minimum absolute atomic E-state index is 0.0530. The van der Waals surface area contributed by atoms with Gasteiger partial charge in [-0.15, -0.1) is 0 Å². The summed E-state index contributed by atoms with van der Waals surface area (Å²) in [5, 5.41) is 3.05. The molecule has 0 aliphatic rings. The fourth-order valence-corrected chi connectivity index (χ4v) is 4.04. The van der Waals surface area contributed by atoms with E-state index in [-0.39, 0.29) is 10.5 Å².